The van der Waals surface area contributed by atoms with E-state index in [1.165, 1.54) is 12.1 Å². The van der Waals surface area contributed by atoms with Gasteiger partial charge in [0.15, 0.2) is 5.76 Å². The molecule has 5 rings (SSSR count). The van der Waals surface area contributed by atoms with Crippen LogP contribution < -0.4 is 5.32 Å². The molecule has 0 spiro atoms. The Morgan fingerprint density at radius 1 is 1.14 bits per heavy atom. The summed E-state index contributed by atoms with van der Waals surface area (Å²) in [5, 5.41) is 7.45. The number of rotatable bonds is 6. The highest BCUT2D eigenvalue weighted by Gasteiger charge is 2.48. The second kappa shape index (κ2) is 8.87. The van der Waals surface area contributed by atoms with Crippen LogP contribution in [0.15, 0.2) is 77.4 Å². The summed E-state index contributed by atoms with van der Waals surface area (Å²) < 4.78 is 20.6. The van der Waals surface area contributed by atoms with Gasteiger partial charge in [0, 0.05) is 19.2 Å². The predicted molar refractivity (Wildman–Crippen MR) is 128 cm³/mol. The van der Waals surface area contributed by atoms with Gasteiger partial charge < -0.3 is 14.6 Å². The molecule has 0 saturated heterocycles. The Kier molecular flexibility index (Phi) is 5.72. The van der Waals surface area contributed by atoms with E-state index < -0.39 is 5.54 Å². The van der Waals surface area contributed by atoms with Crippen molar-refractivity contribution >= 4 is 11.8 Å². The van der Waals surface area contributed by atoms with Crippen molar-refractivity contribution in [2.75, 3.05) is 0 Å². The van der Waals surface area contributed by atoms with Crippen LogP contribution in [-0.4, -0.2) is 32.0 Å². The Hall–Kier alpha value is -4.20. The van der Waals surface area contributed by atoms with Gasteiger partial charge in [-0.2, -0.15) is 5.10 Å². The van der Waals surface area contributed by atoms with Gasteiger partial charge in [-0.25, -0.2) is 4.39 Å². The first kappa shape index (κ1) is 22.6. The summed E-state index contributed by atoms with van der Waals surface area (Å²) in [5.41, 5.74) is 2.29. The Morgan fingerprint density at radius 2 is 1.97 bits per heavy atom. The van der Waals surface area contributed by atoms with E-state index in [1.807, 2.05) is 31.2 Å². The molecule has 2 aromatic carbocycles. The van der Waals surface area contributed by atoms with Crippen LogP contribution in [0, 0.1) is 12.7 Å². The summed E-state index contributed by atoms with van der Waals surface area (Å²) in [7, 11) is 0. The van der Waals surface area contributed by atoms with E-state index >= 15 is 0 Å². The van der Waals surface area contributed by atoms with E-state index in [9.17, 15) is 14.0 Å². The fourth-order valence-corrected chi connectivity index (χ4v) is 4.41. The number of aryl methyl sites for hydroxylation is 1. The molecule has 1 unspecified atom stereocenters. The molecule has 8 heteroatoms. The van der Waals surface area contributed by atoms with Crippen LogP contribution in [0.1, 0.15) is 34.1 Å². The smallest absolute Gasteiger partial charge is 0.273 e. The number of fused-ring (bicyclic) bond motifs is 1. The maximum atomic E-state index is 13.8. The molecule has 0 fully saturated rings. The van der Waals surface area contributed by atoms with Crippen molar-refractivity contribution in [2.45, 2.75) is 39.0 Å². The topological polar surface area (TPSA) is 80.4 Å². The third-order valence-corrected chi connectivity index (χ3v) is 6.49. The molecular weight excluding hydrogens is 447 g/mol. The van der Waals surface area contributed by atoms with Crippen molar-refractivity contribution in [1.29, 1.82) is 0 Å². The summed E-state index contributed by atoms with van der Waals surface area (Å²) in [6.45, 7) is 4.28. The van der Waals surface area contributed by atoms with Gasteiger partial charge in [-0.1, -0.05) is 36.4 Å². The summed E-state index contributed by atoms with van der Waals surface area (Å²) in [4.78, 5) is 29.0. The zero-order valence-electron chi connectivity index (χ0n) is 19.5. The second-order valence-electron chi connectivity index (χ2n) is 8.95. The fourth-order valence-electron chi connectivity index (χ4n) is 4.41. The molecule has 7 nitrogen and oxygen atoms in total. The van der Waals surface area contributed by atoms with Gasteiger partial charge in [0.2, 0.25) is 5.91 Å². The number of amides is 2. The molecule has 0 radical (unpaired) electrons. The Balaban J connectivity index is 1.50. The molecule has 0 bridgehead atoms. The summed E-state index contributed by atoms with van der Waals surface area (Å²) >= 11 is 0. The molecule has 1 atom stereocenters. The zero-order chi connectivity index (χ0) is 24.6. The molecule has 35 heavy (non-hydrogen) atoms. The van der Waals surface area contributed by atoms with E-state index in [0.717, 1.165) is 11.1 Å². The maximum Gasteiger partial charge on any atom is 0.273 e. The van der Waals surface area contributed by atoms with Crippen molar-refractivity contribution in [3.05, 3.63) is 101 Å². The molecule has 3 heterocycles. The number of hydrogen-bond acceptors (Lipinski definition) is 4. The number of benzene rings is 2. The number of nitrogens with one attached hydrogen (secondary N) is 1. The number of furan rings is 1. The van der Waals surface area contributed by atoms with Gasteiger partial charge in [0.25, 0.3) is 5.91 Å². The number of hydrogen-bond donors (Lipinski definition) is 1. The summed E-state index contributed by atoms with van der Waals surface area (Å²) in [6, 6.07) is 19.1. The van der Waals surface area contributed by atoms with Gasteiger partial charge in [0.05, 0.1) is 12.8 Å². The Bertz CT molecular complexity index is 1400. The van der Waals surface area contributed by atoms with E-state index in [1.54, 1.807) is 53.1 Å². The number of halogens is 1. The van der Waals surface area contributed by atoms with Crippen molar-refractivity contribution in [1.82, 2.24) is 20.0 Å². The van der Waals surface area contributed by atoms with Crippen molar-refractivity contribution in [3.63, 3.8) is 0 Å². The van der Waals surface area contributed by atoms with E-state index in [0.29, 0.717) is 22.7 Å². The van der Waals surface area contributed by atoms with E-state index in [4.69, 9.17) is 4.42 Å². The molecule has 2 amide bonds. The minimum atomic E-state index is -1.23. The average Bonchev–Trinajstić information content (AvgIpc) is 3.51. The van der Waals surface area contributed by atoms with Gasteiger partial charge in [0.1, 0.15) is 22.7 Å². The molecule has 178 valence electrons. The molecular formula is C27H25FN4O3. The predicted octanol–water partition coefficient (Wildman–Crippen LogP) is 4.32. The molecule has 2 aromatic heterocycles. The van der Waals surface area contributed by atoms with Crippen LogP contribution in [0.2, 0.25) is 0 Å². The zero-order valence-corrected chi connectivity index (χ0v) is 19.5. The molecule has 4 aromatic rings. The van der Waals surface area contributed by atoms with Crippen LogP contribution in [0.25, 0.3) is 11.5 Å². The average molecular weight is 473 g/mol. The van der Waals surface area contributed by atoms with Crippen molar-refractivity contribution < 1.29 is 18.4 Å². The van der Waals surface area contributed by atoms with Gasteiger partial charge in [-0.3, -0.25) is 14.3 Å². The molecule has 1 N–H and O–H groups in total. The standard InChI is InChI=1S/C27H25FN4O3/c1-18-7-3-4-9-20(18)16-31-25(33)23-14-22(24-11-6-12-35-24)30-32(23)17-27(31,2)26(34)29-15-19-8-5-10-21(28)13-19/h3-14H,15-17H2,1-2H3,(H,29,34). The monoisotopic (exact) mass is 472 g/mol. The van der Waals surface area contributed by atoms with Crippen LogP contribution >= 0.6 is 0 Å². The Morgan fingerprint density at radius 3 is 2.71 bits per heavy atom. The van der Waals surface area contributed by atoms with Crippen molar-refractivity contribution in [2.24, 2.45) is 0 Å². The first-order valence-corrected chi connectivity index (χ1v) is 11.4. The first-order valence-electron chi connectivity index (χ1n) is 11.4. The number of nitrogens with zero attached hydrogens (tertiary/aromatic N) is 3. The lowest BCUT2D eigenvalue weighted by atomic mass is 9.93. The number of aromatic nitrogens is 2. The Labute approximate surface area is 202 Å². The minimum absolute atomic E-state index is 0.141. The second-order valence-corrected chi connectivity index (χ2v) is 8.95. The van der Waals surface area contributed by atoms with Gasteiger partial charge in [-0.15, -0.1) is 0 Å². The fraction of sp³-hybridized carbons (Fsp3) is 0.222. The molecule has 1 aliphatic heterocycles. The van der Waals surface area contributed by atoms with Crippen LogP contribution in [0.3, 0.4) is 0 Å². The maximum absolute atomic E-state index is 13.8. The number of carbonyl (C=O) groups is 2. The lowest BCUT2D eigenvalue weighted by Gasteiger charge is -2.43. The van der Waals surface area contributed by atoms with Crippen LogP contribution in [0.5, 0.6) is 0 Å². The summed E-state index contributed by atoms with van der Waals surface area (Å²) in [5.74, 6) is -0.469. The highest BCUT2D eigenvalue weighted by Crippen LogP contribution is 2.32. The lowest BCUT2D eigenvalue weighted by Crippen LogP contribution is -2.63. The SMILES string of the molecule is Cc1ccccc1CN1C(=O)c2cc(-c3ccco3)nn2CC1(C)C(=O)NCc1cccc(F)c1. The van der Waals surface area contributed by atoms with Crippen LogP contribution in [-0.2, 0) is 24.4 Å². The number of carbonyl (C=O) groups excluding carboxylic acids is 2. The van der Waals surface area contributed by atoms with Crippen LogP contribution in [0.4, 0.5) is 4.39 Å². The quantitative estimate of drug-likeness (QED) is 0.453. The molecule has 0 saturated carbocycles. The molecule has 1 aliphatic rings. The van der Waals surface area contributed by atoms with E-state index in [2.05, 4.69) is 10.4 Å². The highest BCUT2D eigenvalue weighted by molar-refractivity contribution is 6.00. The third kappa shape index (κ3) is 4.23. The first-order chi connectivity index (χ1) is 16.8. The summed E-state index contributed by atoms with van der Waals surface area (Å²) in [6.07, 6.45) is 1.55. The lowest BCUT2D eigenvalue weighted by molar-refractivity contribution is -0.133. The third-order valence-electron chi connectivity index (χ3n) is 6.49. The van der Waals surface area contributed by atoms with Gasteiger partial charge >= 0.3 is 0 Å². The molecule has 0 aliphatic carbocycles. The minimum Gasteiger partial charge on any atom is -0.463 e. The largest absolute Gasteiger partial charge is 0.463 e. The normalized spacial score (nSPS) is 17.3. The van der Waals surface area contributed by atoms with E-state index in [-0.39, 0.29) is 37.3 Å². The van der Waals surface area contributed by atoms with Crippen molar-refractivity contribution in [3.8, 4) is 11.5 Å². The highest BCUT2D eigenvalue weighted by atomic mass is 19.1. The van der Waals surface area contributed by atoms with Gasteiger partial charge in [-0.05, 0) is 54.8 Å².